The topological polar surface area (TPSA) is 41.0 Å². The molecule has 1 atom stereocenters. The number of halogens is 1. The Hall–Kier alpha value is -0.680. The van der Waals surface area contributed by atoms with Gasteiger partial charge in [0.15, 0.2) is 0 Å². The van der Waals surface area contributed by atoms with Gasteiger partial charge in [-0.25, -0.2) is 9.97 Å². The fraction of sp³-hybridized carbons (Fsp3) is 0.636. The summed E-state index contributed by atoms with van der Waals surface area (Å²) in [5.74, 6) is 0.893. The van der Waals surface area contributed by atoms with Crippen LogP contribution in [0.3, 0.4) is 0 Å². The Morgan fingerprint density at radius 3 is 3.19 bits per heavy atom. The van der Waals surface area contributed by atoms with Crippen molar-refractivity contribution >= 4 is 21.7 Å². The highest BCUT2D eigenvalue weighted by Gasteiger charge is 2.22. The summed E-state index contributed by atoms with van der Waals surface area (Å²) in [4.78, 5) is 10.7. The monoisotopic (exact) mass is 284 g/mol. The van der Waals surface area contributed by atoms with Gasteiger partial charge in [-0.3, -0.25) is 4.90 Å². The molecule has 0 spiro atoms. The molecular weight excluding hydrogens is 268 g/mol. The lowest BCUT2D eigenvalue weighted by molar-refractivity contribution is 0.277. The van der Waals surface area contributed by atoms with Crippen molar-refractivity contribution in [2.24, 2.45) is 0 Å². The first-order valence-electron chi connectivity index (χ1n) is 5.75. The van der Waals surface area contributed by atoms with Gasteiger partial charge in [0.25, 0.3) is 0 Å². The van der Waals surface area contributed by atoms with Gasteiger partial charge in [-0.15, -0.1) is 0 Å². The summed E-state index contributed by atoms with van der Waals surface area (Å²) < 4.78 is 0.823. The Kier molecular flexibility index (Phi) is 4.12. The molecule has 1 aliphatic heterocycles. The van der Waals surface area contributed by atoms with Crippen LogP contribution in [0.4, 0.5) is 5.82 Å². The third kappa shape index (κ3) is 2.92. The Balaban J connectivity index is 1.87. The molecule has 4 nitrogen and oxygen atoms in total. The van der Waals surface area contributed by atoms with E-state index in [0.29, 0.717) is 6.04 Å². The summed E-state index contributed by atoms with van der Waals surface area (Å²) in [5, 5.41) is 3.37. The van der Waals surface area contributed by atoms with Gasteiger partial charge in [-0.1, -0.05) is 6.92 Å². The minimum absolute atomic E-state index is 0.652. The second kappa shape index (κ2) is 5.59. The van der Waals surface area contributed by atoms with Crippen LogP contribution in [0.5, 0.6) is 0 Å². The van der Waals surface area contributed by atoms with Gasteiger partial charge in [-0.2, -0.15) is 0 Å². The Morgan fingerprint density at radius 2 is 2.44 bits per heavy atom. The Bertz CT molecular complexity index is 345. The molecule has 1 fully saturated rings. The zero-order chi connectivity index (χ0) is 11.4. The van der Waals surface area contributed by atoms with Crippen molar-refractivity contribution in [1.29, 1.82) is 0 Å². The first kappa shape index (κ1) is 11.8. The van der Waals surface area contributed by atoms with Gasteiger partial charge in [0, 0.05) is 18.7 Å². The molecule has 1 aromatic heterocycles. The molecule has 1 unspecified atom stereocenters. The predicted octanol–water partition coefficient (Wildman–Crippen LogP) is 2.14. The summed E-state index contributed by atoms with van der Waals surface area (Å²) in [5.41, 5.74) is 0. The van der Waals surface area contributed by atoms with Crippen molar-refractivity contribution in [1.82, 2.24) is 14.9 Å². The summed E-state index contributed by atoms with van der Waals surface area (Å²) in [6.45, 7) is 5.56. The number of anilines is 1. The molecule has 0 saturated carbocycles. The smallest absolute Gasteiger partial charge is 0.130 e. The van der Waals surface area contributed by atoms with Crippen LogP contribution < -0.4 is 5.32 Å². The maximum atomic E-state index is 4.18. The normalized spacial score (nSPS) is 21.2. The van der Waals surface area contributed by atoms with Gasteiger partial charge in [0.1, 0.15) is 16.7 Å². The van der Waals surface area contributed by atoms with Crippen molar-refractivity contribution in [2.75, 3.05) is 25.0 Å². The second-order valence-corrected chi connectivity index (χ2v) is 4.84. The molecule has 0 amide bonds. The lowest BCUT2D eigenvalue weighted by Gasteiger charge is -2.23. The number of aromatic nitrogens is 2. The molecule has 1 aromatic rings. The summed E-state index contributed by atoms with van der Waals surface area (Å²) >= 11 is 3.34. The molecule has 2 heterocycles. The van der Waals surface area contributed by atoms with Crippen molar-refractivity contribution in [3.8, 4) is 0 Å². The van der Waals surface area contributed by atoms with E-state index in [1.807, 2.05) is 6.07 Å². The molecule has 0 aliphatic carbocycles. The van der Waals surface area contributed by atoms with Crippen LogP contribution in [0, 0.1) is 0 Å². The summed E-state index contributed by atoms with van der Waals surface area (Å²) in [6.07, 6.45) is 4.17. The molecular formula is C11H17BrN4. The zero-order valence-electron chi connectivity index (χ0n) is 9.49. The fourth-order valence-corrected chi connectivity index (χ4v) is 2.50. The lowest BCUT2D eigenvalue weighted by atomic mass is 10.2. The molecule has 0 radical (unpaired) electrons. The molecule has 88 valence electrons. The largest absolute Gasteiger partial charge is 0.368 e. The van der Waals surface area contributed by atoms with Gasteiger partial charge >= 0.3 is 0 Å². The van der Waals surface area contributed by atoms with Crippen LogP contribution in [-0.2, 0) is 0 Å². The maximum absolute atomic E-state index is 4.18. The fourth-order valence-electron chi connectivity index (χ4n) is 2.20. The third-order valence-corrected chi connectivity index (χ3v) is 3.49. The van der Waals surface area contributed by atoms with Crippen LogP contribution in [0.25, 0.3) is 0 Å². The maximum Gasteiger partial charge on any atom is 0.130 e. The van der Waals surface area contributed by atoms with E-state index in [2.05, 4.69) is 43.0 Å². The minimum atomic E-state index is 0.652. The van der Waals surface area contributed by atoms with Crippen LogP contribution in [0.1, 0.15) is 19.8 Å². The molecule has 0 aromatic carbocycles. The van der Waals surface area contributed by atoms with Gasteiger partial charge in [0.05, 0.1) is 0 Å². The first-order chi connectivity index (χ1) is 7.79. The van der Waals surface area contributed by atoms with E-state index >= 15 is 0 Å². The third-order valence-electron chi connectivity index (χ3n) is 3.06. The predicted molar refractivity (Wildman–Crippen MR) is 68.5 cm³/mol. The average Bonchev–Trinajstić information content (AvgIpc) is 2.74. The lowest BCUT2D eigenvalue weighted by Crippen LogP contribution is -2.34. The molecule has 0 bridgehead atoms. The van der Waals surface area contributed by atoms with E-state index < -0.39 is 0 Å². The summed E-state index contributed by atoms with van der Waals surface area (Å²) in [7, 11) is 0. The highest BCUT2D eigenvalue weighted by molar-refractivity contribution is 9.10. The highest BCUT2D eigenvalue weighted by atomic mass is 79.9. The number of nitrogens with zero attached hydrogens (tertiary/aromatic N) is 3. The molecule has 2 rings (SSSR count). The quantitative estimate of drug-likeness (QED) is 0.860. The van der Waals surface area contributed by atoms with Crippen molar-refractivity contribution in [2.45, 2.75) is 25.8 Å². The Morgan fingerprint density at radius 1 is 1.56 bits per heavy atom. The van der Waals surface area contributed by atoms with Crippen LogP contribution in [0.2, 0.25) is 0 Å². The van der Waals surface area contributed by atoms with Gasteiger partial charge in [0.2, 0.25) is 0 Å². The molecule has 16 heavy (non-hydrogen) atoms. The number of hydrogen-bond donors (Lipinski definition) is 1. The van der Waals surface area contributed by atoms with E-state index in [1.54, 1.807) is 6.33 Å². The van der Waals surface area contributed by atoms with E-state index in [4.69, 9.17) is 0 Å². The van der Waals surface area contributed by atoms with Crippen LogP contribution in [-0.4, -0.2) is 40.5 Å². The van der Waals surface area contributed by atoms with Crippen molar-refractivity contribution < 1.29 is 0 Å². The Labute approximate surface area is 105 Å². The van der Waals surface area contributed by atoms with E-state index in [9.17, 15) is 0 Å². The SMILES string of the molecule is CCN1CCCC1CNc1cc(Br)ncn1. The number of likely N-dealkylation sites (tertiary alicyclic amines) is 1. The van der Waals surface area contributed by atoms with E-state index in [-0.39, 0.29) is 0 Å². The average molecular weight is 285 g/mol. The number of rotatable bonds is 4. The molecule has 1 N–H and O–H groups in total. The number of hydrogen-bond acceptors (Lipinski definition) is 4. The highest BCUT2D eigenvalue weighted by Crippen LogP contribution is 2.17. The van der Waals surface area contributed by atoms with Gasteiger partial charge in [-0.05, 0) is 41.9 Å². The minimum Gasteiger partial charge on any atom is -0.368 e. The second-order valence-electron chi connectivity index (χ2n) is 4.03. The molecule has 5 heteroatoms. The standard InChI is InChI=1S/C11H17BrN4/c1-2-16-5-3-4-9(16)7-13-11-6-10(12)14-8-15-11/h6,8-9H,2-5,7H2,1H3,(H,13,14,15). The molecule has 1 aliphatic rings. The van der Waals surface area contributed by atoms with E-state index in [1.165, 1.54) is 19.4 Å². The van der Waals surface area contributed by atoms with Crippen LogP contribution in [0.15, 0.2) is 17.0 Å². The first-order valence-corrected chi connectivity index (χ1v) is 6.54. The van der Waals surface area contributed by atoms with Gasteiger partial charge < -0.3 is 5.32 Å². The number of likely N-dealkylation sites (N-methyl/N-ethyl adjacent to an activating group) is 1. The van der Waals surface area contributed by atoms with Crippen LogP contribution >= 0.6 is 15.9 Å². The van der Waals surface area contributed by atoms with Crippen molar-refractivity contribution in [3.05, 3.63) is 17.0 Å². The van der Waals surface area contributed by atoms with Crippen molar-refractivity contribution in [3.63, 3.8) is 0 Å². The zero-order valence-corrected chi connectivity index (χ0v) is 11.1. The summed E-state index contributed by atoms with van der Waals surface area (Å²) in [6, 6.07) is 2.56. The van der Waals surface area contributed by atoms with E-state index in [0.717, 1.165) is 23.5 Å². The number of nitrogens with one attached hydrogen (secondary N) is 1. The molecule has 1 saturated heterocycles.